The van der Waals surface area contributed by atoms with E-state index in [2.05, 4.69) is 21.0 Å². The molecule has 2 aromatic heterocycles. The number of nitrogens with zero attached hydrogens (tertiary/aromatic N) is 3. The van der Waals surface area contributed by atoms with Crippen LogP contribution in [0.2, 0.25) is 0 Å². The van der Waals surface area contributed by atoms with Crippen molar-refractivity contribution in [2.45, 2.75) is 32.1 Å². The van der Waals surface area contributed by atoms with Crippen LogP contribution >= 0.6 is 0 Å². The molecule has 1 saturated heterocycles. The molecule has 1 aliphatic heterocycles. The predicted octanol–water partition coefficient (Wildman–Crippen LogP) is 3.37. The number of carbonyl (C=O) groups excluding carboxylic acids is 1. The predicted molar refractivity (Wildman–Crippen MR) is 102 cm³/mol. The van der Waals surface area contributed by atoms with Crippen LogP contribution in [0.5, 0.6) is 0 Å². The van der Waals surface area contributed by atoms with Crippen molar-refractivity contribution in [2.75, 3.05) is 13.1 Å². The van der Waals surface area contributed by atoms with E-state index in [-0.39, 0.29) is 5.91 Å². The molecule has 1 amide bonds. The number of pyridine rings is 1. The summed E-state index contributed by atoms with van der Waals surface area (Å²) in [7, 11) is 0. The maximum absolute atomic E-state index is 12.6. The number of fused-ring (bicyclic) bond motifs is 1. The SMILES string of the molecule is O=C(CCc1ccccn1)N1CCC[C@H](Cc2nc3ccccc3[nH]2)C1. The van der Waals surface area contributed by atoms with Gasteiger partial charge in [0.15, 0.2) is 0 Å². The first-order valence-corrected chi connectivity index (χ1v) is 9.39. The summed E-state index contributed by atoms with van der Waals surface area (Å²) in [5.74, 6) is 1.74. The fourth-order valence-electron chi connectivity index (χ4n) is 3.77. The first kappa shape index (κ1) is 16.8. The molecule has 0 radical (unpaired) electrons. The molecule has 0 saturated carbocycles. The third kappa shape index (κ3) is 3.93. The second kappa shape index (κ2) is 7.68. The third-order valence-corrected chi connectivity index (χ3v) is 5.11. The molecule has 1 aliphatic rings. The van der Waals surface area contributed by atoms with Crippen LogP contribution in [0.1, 0.15) is 30.8 Å². The molecule has 1 N–H and O–H groups in total. The van der Waals surface area contributed by atoms with E-state index in [1.807, 2.05) is 41.3 Å². The maximum atomic E-state index is 12.6. The van der Waals surface area contributed by atoms with E-state index in [0.717, 1.165) is 54.9 Å². The number of aromatic nitrogens is 3. The Labute approximate surface area is 153 Å². The fourth-order valence-corrected chi connectivity index (χ4v) is 3.77. The number of hydrogen-bond donors (Lipinski definition) is 1. The lowest BCUT2D eigenvalue weighted by Crippen LogP contribution is -2.40. The monoisotopic (exact) mass is 348 g/mol. The second-order valence-corrected chi connectivity index (χ2v) is 7.07. The van der Waals surface area contributed by atoms with E-state index in [9.17, 15) is 4.79 Å². The van der Waals surface area contributed by atoms with Gasteiger partial charge in [-0.1, -0.05) is 18.2 Å². The molecular weight excluding hydrogens is 324 g/mol. The Morgan fingerprint density at radius 2 is 2.08 bits per heavy atom. The number of rotatable bonds is 5. The molecule has 3 aromatic rings. The Bertz CT molecular complexity index is 841. The Morgan fingerprint density at radius 1 is 1.19 bits per heavy atom. The molecule has 5 nitrogen and oxygen atoms in total. The molecule has 3 heterocycles. The summed E-state index contributed by atoms with van der Waals surface area (Å²) in [4.78, 5) is 27.0. The van der Waals surface area contributed by atoms with Crippen molar-refractivity contribution in [3.05, 3.63) is 60.2 Å². The van der Waals surface area contributed by atoms with Gasteiger partial charge in [-0.15, -0.1) is 0 Å². The van der Waals surface area contributed by atoms with E-state index in [4.69, 9.17) is 0 Å². The van der Waals surface area contributed by atoms with Gasteiger partial charge in [0.05, 0.1) is 11.0 Å². The number of piperidine rings is 1. The zero-order valence-corrected chi connectivity index (χ0v) is 14.9. The van der Waals surface area contributed by atoms with Crippen molar-refractivity contribution in [1.29, 1.82) is 0 Å². The van der Waals surface area contributed by atoms with E-state index in [1.165, 1.54) is 0 Å². The van der Waals surface area contributed by atoms with Gasteiger partial charge in [-0.05, 0) is 49.4 Å². The lowest BCUT2D eigenvalue weighted by atomic mass is 9.94. The Hall–Kier alpha value is -2.69. The van der Waals surface area contributed by atoms with Crippen molar-refractivity contribution in [1.82, 2.24) is 19.9 Å². The number of imidazole rings is 1. The Kier molecular flexibility index (Phi) is 4.95. The first-order valence-electron chi connectivity index (χ1n) is 9.39. The molecule has 0 aliphatic carbocycles. The molecule has 1 atom stereocenters. The molecule has 4 rings (SSSR count). The largest absolute Gasteiger partial charge is 0.342 e. The van der Waals surface area contributed by atoms with Crippen molar-refractivity contribution in [2.24, 2.45) is 5.92 Å². The minimum Gasteiger partial charge on any atom is -0.342 e. The number of benzene rings is 1. The zero-order chi connectivity index (χ0) is 17.8. The zero-order valence-electron chi connectivity index (χ0n) is 14.9. The van der Waals surface area contributed by atoms with Crippen molar-refractivity contribution >= 4 is 16.9 Å². The number of carbonyl (C=O) groups is 1. The molecule has 1 aromatic carbocycles. The highest BCUT2D eigenvalue weighted by Crippen LogP contribution is 2.22. The third-order valence-electron chi connectivity index (χ3n) is 5.11. The number of likely N-dealkylation sites (tertiary alicyclic amines) is 1. The average Bonchev–Trinajstić information content (AvgIpc) is 3.09. The molecule has 1 fully saturated rings. The van der Waals surface area contributed by atoms with Crippen LogP contribution in [-0.4, -0.2) is 38.8 Å². The number of aryl methyl sites for hydroxylation is 1. The van der Waals surface area contributed by atoms with Gasteiger partial charge >= 0.3 is 0 Å². The number of H-pyrrole nitrogens is 1. The maximum Gasteiger partial charge on any atom is 0.222 e. The highest BCUT2D eigenvalue weighted by atomic mass is 16.2. The molecule has 0 spiro atoms. The average molecular weight is 348 g/mol. The number of amides is 1. The minimum atomic E-state index is 0.241. The molecule has 26 heavy (non-hydrogen) atoms. The topological polar surface area (TPSA) is 61.9 Å². The van der Waals surface area contributed by atoms with E-state index in [0.29, 0.717) is 18.8 Å². The summed E-state index contributed by atoms with van der Waals surface area (Å²) >= 11 is 0. The summed E-state index contributed by atoms with van der Waals surface area (Å²) in [5.41, 5.74) is 3.08. The van der Waals surface area contributed by atoms with Gasteiger partial charge < -0.3 is 9.88 Å². The van der Waals surface area contributed by atoms with Crippen LogP contribution in [0.25, 0.3) is 11.0 Å². The lowest BCUT2D eigenvalue weighted by molar-refractivity contribution is -0.133. The first-order chi connectivity index (χ1) is 12.8. The van der Waals surface area contributed by atoms with E-state index >= 15 is 0 Å². The number of hydrogen-bond acceptors (Lipinski definition) is 3. The van der Waals surface area contributed by atoms with Crippen LogP contribution in [0.15, 0.2) is 48.7 Å². The quantitative estimate of drug-likeness (QED) is 0.769. The normalized spacial score (nSPS) is 17.5. The Morgan fingerprint density at radius 3 is 2.92 bits per heavy atom. The van der Waals surface area contributed by atoms with Crippen molar-refractivity contribution in [3.63, 3.8) is 0 Å². The van der Waals surface area contributed by atoms with Gasteiger partial charge in [-0.3, -0.25) is 9.78 Å². The van der Waals surface area contributed by atoms with Crippen molar-refractivity contribution in [3.8, 4) is 0 Å². The summed E-state index contributed by atoms with van der Waals surface area (Å²) in [6.45, 7) is 1.70. The second-order valence-electron chi connectivity index (χ2n) is 7.07. The van der Waals surface area contributed by atoms with Crippen LogP contribution in [0.3, 0.4) is 0 Å². The van der Waals surface area contributed by atoms with E-state index < -0.39 is 0 Å². The smallest absolute Gasteiger partial charge is 0.222 e. The summed E-state index contributed by atoms with van der Waals surface area (Å²) in [6, 6.07) is 14.0. The highest BCUT2D eigenvalue weighted by Gasteiger charge is 2.24. The van der Waals surface area contributed by atoms with Gasteiger partial charge in [-0.25, -0.2) is 4.98 Å². The molecule has 0 bridgehead atoms. The molecule has 134 valence electrons. The standard InChI is InChI=1S/C21H24N4O/c26-21(11-10-17-7-3-4-12-22-17)25-13-5-6-16(15-25)14-20-23-18-8-1-2-9-19(18)24-20/h1-4,7-9,12,16H,5-6,10-11,13-15H2,(H,23,24)/t16-/m1/s1. The minimum absolute atomic E-state index is 0.241. The van der Waals surface area contributed by atoms with Crippen molar-refractivity contribution < 1.29 is 4.79 Å². The van der Waals surface area contributed by atoms with Gasteiger partial charge in [0, 0.05) is 37.8 Å². The van der Waals surface area contributed by atoms with Crippen LogP contribution < -0.4 is 0 Å². The molecule has 0 unspecified atom stereocenters. The van der Waals surface area contributed by atoms with Crippen LogP contribution in [-0.2, 0) is 17.6 Å². The number of para-hydroxylation sites is 2. The van der Waals surface area contributed by atoms with Crippen LogP contribution in [0.4, 0.5) is 0 Å². The van der Waals surface area contributed by atoms with Crippen LogP contribution in [0, 0.1) is 5.92 Å². The molecule has 5 heteroatoms. The van der Waals surface area contributed by atoms with Gasteiger partial charge in [-0.2, -0.15) is 0 Å². The highest BCUT2D eigenvalue weighted by molar-refractivity contribution is 5.76. The van der Waals surface area contributed by atoms with E-state index in [1.54, 1.807) is 6.20 Å². The Balaban J connectivity index is 1.33. The summed E-state index contributed by atoms with van der Waals surface area (Å²) < 4.78 is 0. The molecular formula is C21H24N4O. The summed E-state index contributed by atoms with van der Waals surface area (Å²) in [6.07, 6.45) is 6.16. The number of nitrogens with one attached hydrogen (secondary N) is 1. The summed E-state index contributed by atoms with van der Waals surface area (Å²) in [5, 5.41) is 0. The number of aromatic amines is 1. The fraction of sp³-hybridized carbons (Fsp3) is 0.381. The van der Waals surface area contributed by atoms with Gasteiger partial charge in [0.25, 0.3) is 0 Å². The van der Waals surface area contributed by atoms with Gasteiger partial charge in [0.1, 0.15) is 5.82 Å². The van der Waals surface area contributed by atoms with Gasteiger partial charge in [0.2, 0.25) is 5.91 Å². The lowest BCUT2D eigenvalue weighted by Gasteiger charge is -2.32.